The number of fused-ring (bicyclic) bond motifs is 1. The van der Waals surface area contributed by atoms with Crippen molar-refractivity contribution in [1.82, 2.24) is 5.09 Å². The third-order valence-electron chi connectivity index (χ3n) is 6.21. The van der Waals surface area contributed by atoms with Crippen LogP contribution in [-0.2, 0) is 23.4 Å². The standard InChI is InChI=1S/C24H31FNO8P/c1-15(23(29)31-17-10-3-2-4-11-17)26-35(30,34-24-21(25)22(28)20(14-27)32-24)33-19-13-7-9-16-8-5-6-12-18(16)19/h5-9,12-13,15,17,20-22,24,27-28H,2-4,10-11,14H2,1H3,(H,26,30)/t15-,20+,21-,22+,24+,35?/m0/s1. The first-order valence-corrected chi connectivity index (χ1v) is 13.4. The summed E-state index contributed by atoms with van der Waals surface area (Å²) >= 11 is 0. The molecule has 1 heterocycles. The lowest BCUT2D eigenvalue weighted by atomic mass is 9.98. The van der Waals surface area contributed by atoms with Crippen molar-refractivity contribution in [3.63, 3.8) is 0 Å². The van der Waals surface area contributed by atoms with Crippen LogP contribution in [0.3, 0.4) is 0 Å². The second-order valence-electron chi connectivity index (χ2n) is 8.88. The predicted octanol–water partition coefficient (Wildman–Crippen LogP) is 3.61. The number of rotatable bonds is 9. The first kappa shape index (κ1) is 26.0. The van der Waals surface area contributed by atoms with Crippen molar-refractivity contribution in [3.8, 4) is 5.75 Å². The zero-order chi connectivity index (χ0) is 25.0. The van der Waals surface area contributed by atoms with Crippen molar-refractivity contribution < 1.29 is 42.5 Å². The average molecular weight is 511 g/mol. The molecular formula is C24H31FNO8P. The molecule has 11 heteroatoms. The van der Waals surface area contributed by atoms with Crippen LogP contribution in [-0.4, -0.2) is 59.6 Å². The molecule has 2 fully saturated rings. The molecule has 1 aliphatic heterocycles. The van der Waals surface area contributed by atoms with Crippen LogP contribution in [0, 0.1) is 0 Å². The molecule has 35 heavy (non-hydrogen) atoms. The van der Waals surface area contributed by atoms with E-state index in [4.69, 9.17) is 18.5 Å². The van der Waals surface area contributed by atoms with Crippen LogP contribution in [0.2, 0.25) is 0 Å². The van der Waals surface area contributed by atoms with Gasteiger partial charge >= 0.3 is 13.7 Å². The highest BCUT2D eigenvalue weighted by atomic mass is 31.2. The van der Waals surface area contributed by atoms with Gasteiger partial charge in [-0.05, 0) is 44.1 Å². The number of hydrogen-bond donors (Lipinski definition) is 3. The van der Waals surface area contributed by atoms with Gasteiger partial charge in [0.05, 0.1) is 6.61 Å². The summed E-state index contributed by atoms with van der Waals surface area (Å²) in [5.74, 6) is -0.459. The summed E-state index contributed by atoms with van der Waals surface area (Å²) in [6.07, 6.45) is -2.48. The molecule has 0 amide bonds. The van der Waals surface area contributed by atoms with Crippen molar-refractivity contribution in [1.29, 1.82) is 0 Å². The molecule has 2 aliphatic rings. The number of halogens is 1. The van der Waals surface area contributed by atoms with Gasteiger partial charge in [-0.25, -0.2) is 8.96 Å². The van der Waals surface area contributed by atoms with Gasteiger partial charge in [-0.3, -0.25) is 9.32 Å². The van der Waals surface area contributed by atoms with Crippen molar-refractivity contribution >= 4 is 24.5 Å². The normalized spacial score (nSPS) is 27.9. The minimum absolute atomic E-state index is 0.180. The molecular weight excluding hydrogens is 480 g/mol. The highest BCUT2D eigenvalue weighted by molar-refractivity contribution is 7.52. The number of carbonyl (C=O) groups is 1. The van der Waals surface area contributed by atoms with Crippen LogP contribution in [0.15, 0.2) is 42.5 Å². The summed E-state index contributed by atoms with van der Waals surface area (Å²) in [6.45, 7) is 0.787. The molecule has 1 saturated carbocycles. The maximum atomic E-state index is 14.6. The van der Waals surface area contributed by atoms with Gasteiger partial charge in [0.1, 0.15) is 30.1 Å². The Hall–Kier alpha value is -2.07. The Bertz CT molecular complexity index is 1060. The topological polar surface area (TPSA) is 124 Å². The highest BCUT2D eigenvalue weighted by Crippen LogP contribution is 2.49. The average Bonchev–Trinajstić information content (AvgIpc) is 3.12. The first-order valence-electron chi connectivity index (χ1n) is 11.8. The van der Waals surface area contributed by atoms with E-state index < -0.39 is 51.0 Å². The Morgan fingerprint density at radius 2 is 1.91 bits per heavy atom. The minimum Gasteiger partial charge on any atom is -0.461 e. The third-order valence-corrected chi connectivity index (χ3v) is 7.83. The van der Waals surface area contributed by atoms with Gasteiger partial charge in [-0.2, -0.15) is 5.09 Å². The number of aliphatic hydroxyl groups excluding tert-OH is 2. The van der Waals surface area contributed by atoms with Crippen LogP contribution in [0.5, 0.6) is 5.75 Å². The van der Waals surface area contributed by atoms with E-state index in [0.29, 0.717) is 5.39 Å². The Morgan fingerprint density at radius 3 is 2.63 bits per heavy atom. The summed E-state index contributed by atoms with van der Waals surface area (Å²) in [6, 6.07) is 11.2. The largest absolute Gasteiger partial charge is 0.461 e. The Kier molecular flexibility index (Phi) is 8.42. The number of nitrogens with one attached hydrogen (secondary N) is 1. The summed E-state index contributed by atoms with van der Waals surface area (Å²) in [5.41, 5.74) is 0. The monoisotopic (exact) mass is 511 g/mol. The molecule has 4 rings (SSSR count). The number of esters is 1. The molecule has 0 aromatic heterocycles. The van der Waals surface area contributed by atoms with Gasteiger partial charge in [0.2, 0.25) is 6.29 Å². The van der Waals surface area contributed by atoms with Crippen molar-refractivity contribution in [2.75, 3.05) is 6.61 Å². The van der Waals surface area contributed by atoms with E-state index in [1.165, 1.54) is 6.92 Å². The fraction of sp³-hybridized carbons (Fsp3) is 0.542. The molecule has 1 saturated heterocycles. The van der Waals surface area contributed by atoms with Gasteiger partial charge in [0.25, 0.3) is 0 Å². The third kappa shape index (κ3) is 6.20. The lowest BCUT2D eigenvalue weighted by Gasteiger charge is -2.27. The van der Waals surface area contributed by atoms with Gasteiger partial charge in [0.15, 0.2) is 6.17 Å². The molecule has 192 valence electrons. The second kappa shape index (κ2) is 11.3. The van der Waals surface area contributed by atoms with Crippen LogP contribution < -0.4 is 9.61 Å². The molecule has 9 nitrogen and oxygen atoms in total. The predicted molar refractivity (Wildman–Crippen MR) is 125 cm³/mol. The summed E-state index contributed by atoms with van der Waals surface area (Å²) in [7, 11) is -4.47. The second-order valence-corrected chi connectivity index (χ2v) is 10.5. The lowest BCUT2D eigenvalue weighted by Crippen LogP contribution is -2.39. The van der Waals surface area contributed by atoms with Crippen LogP contribution >= 0.6 is 7.75 Å². The SMILES string of the molecule is C[C@H](NP(=O)(Oc1cccc2ccccc12)O[C@H]1O[C@H](CO)[C@@H](O)[C@@H]1F)C(=O)OC1CCCCC1. The quantitative estimate of drug-likeness (QED) is 0.342. The van der Waals surface area contributed by atoms with E-state index in [9.17, 15) is 24.0 Å². The molecule has 0 bridgehead atoms. The zero-order valence-electron chi connectivity index (χ0n) is 19.4. The number of carbonyl (C=O) groups excluding carboxylic acids is 1. The van der Waals surface area contributed by atoms with Crippen LogP contribution in [0.25, 0.3) is 10.8 Å². The van der Waals surface area contributed by atoms with E-state index in [-0.39, 0.29) is 11.9 Å². The zero-order valence-corrected chi connectivity index (χ0v) is 20.3. The molecule has 2 aromatic carbocycles. The van der Waals surface area contributed by atoms with E-state index in [0.717, 1.165) is 37.5 Å². The van der Waals surface area contributed by atoms with Crippen molar-refractivity contribution in [3.05, 3.63) is 42.5 Å². The smallest absolute Gasteiger partial charge is 0.461 e. The van der Waals surface area contributed by atoms with E-state index in [1.54, 1.807) is 24.3 Å². The van der Waals surface area contributed by atoms with Gasteiger partial charge < -0.3 is 24.2 Å². The molecule has 0 spiro atoms. The van der Waals surface area contributed by atoms with Crippen LogP contribution in [0.1, 0.15) is 39.0 Å². The summed E-state index contributed by atoms with van der Waals surface area (Å²) in [4.78, 5) is 12.7. The molecule has 1 aliphatic carbocycles. The van der Waals surface area contributed by atoms with Crippen molar-refractivity contribution in [2.24, 2.45) is 0 Å². The number of hydrogen-bond acceptors (Lipinski definition) is 8. The number of ether oxygens (including phenoxy) is 2. The molecule has 2 aromatic rings. The van der Waals surface area contributed by atoms with Crippen molar-refractivity contribution in [2.45, 2.75) is 75.8 Å². The number of benzene rings is 2. The fourth-order valence-corrected chi connectivity index (χ4v) is 5.88. The van der Waals surface area contributed by atoms with Gasteiger partial charge in [-0.1, -0.05) is 42.8 Å². The molecule has 3 N–H and O–H groups in total. The first-order chi connectivity index (χ1) is 16.8. The Morgan fingerprint density at radius 1 is 1.20 bits per heavy atom. The van der Waals surface area contributed by atoms with Crippen LogP contribution in [0.4, 0.5) is 4.39 Å². The molecule has 6 atom stereocenters. The Labute approximate surface area is 203 Å². The minimum atomic E-state index is -4.47. The maximum absolute atomic E-state index is 14.6. The molecule has 1 unspecified atom stereocenters. The van der Waals surface area contributed by atoms with Gasteiger partial charge in [-0.15, -0.1) is 0 Å². The van der Waals surface area contributed by atoms with E-state index in [2.05, 4.69) is 5.09 Å². The molecule has 0 radical (unpaired) electrons. The van der Waals surface area contributed by atoms with Gasteiger partial charge in [0, 0.05) is 5.39 Å². The summed E-state index contributed by atoms with van der Waals surface area (Å²) < 4.78 is 50.5. The number of alkyl halides is 1. The lowest BCUT2D eigenvalue weighted by molar-refractivity contribution is -0.152. The Balaban J connectivity index is 1.56. The summed E-state index contributed by atoms with van der Waals surface area (Å²) in [5, 5.41) is 23.2. The van der Waals surface area contributed by atoms with E-state index in [1.807, 2.05) is 18.2 Å². The fourth-order valence-electron chi connectivity index (χ4n) is 4.29. The number of aliphatic hydroxyl groups is 2. The maximum Gasteiger partial charge on any atom is 0.461 e. The highest BCUT2D eigenvalue weighted by Gasteiger charge is 2.49. The van der Waals surface area contributed by atoms with E-state index >= 15 is 0 Å².